The molecule has 7 heteroatoms. The summed E-state index contributed by atoms with van der Waals surface area (Å²) < 4.78 is 1.72. The minimum atomic E-state index is -0.442. The van der Waals surface area contributed by atoms with Gasteiger partial charge in [0.05, 0.1) is 17.8 Å². The standard InChI is InChI=1S/C20H14Cl2N4O/c21-16-8-9-17(22)24-19(16)20(27)25-18-10-11-23-26(18)12-14-6-3-5-13-4-1-2-7-15(13)14/h1-11H,12H2,(H,25,27). The van der Waals surface area contributed by atoms with Gasteiger partial charge in [-0.2, -0.15) is 5.10 Å². The van der Waals surface area contributed by atoms with E-state index in [2.05, 4.69) is 33.6 Å². The molecule has 1 N–H and O–H groups in total. The number of aromatic nitrogens is 3. The summed E-state index contributed by atoms with van der Waals surface area (Å²) in [5, 5.41) is 9.86. The van der Waals surface area contributed by atoms with E-state index in [1.165, 1.54) is 6.07 Å². The molecular weight excluding hydrogens is 383 g/mol. The number of benzene rings is 2. The highest BCUT2D eigenvalue weighted by atomic mass is 35.5. The highest BCUT2D eigenvalue weighted by Gasteiger charge is 2.15. The van der Waals surface area contributed by atoms with Crippen molar-refractivity contribution in [2.75, 3.05) is 5.32 Å². The van der Waals surface area contributed by atoms with Gasteiger partial charge in [0.15, 0.2) is 0 Å². The summed E-state index contributed by atoms with van der Waals surface area (Å²) in [6.07, 6.45) is 1.63. The van der Waals surface area contributed by atoms with Gasteiger partial charge in [-0.25, -0.2) is 9.67 Å². The van der Waals surface area contributed by atoms with Gasteiger partial charge in [-0.05, 0) is 28.5 Å². The summed E-state index contributed by atoms with van der Waals surface area (Å²) in [5.74, 6) is 0.105. The molecule has 4 rings (SSSR count). The number of nitrogens with one attached hydrogen (secondary N) is 1. The molecular formula is C20H14Cl2N4O. The molecule has 0 spiro atoms. The van der Waals surface area contributed by atoms with Crippen LogP contribution in [0.2, 0.25) is 10.2 Å². The van der Waals surface area contributed by atoms with Crippen LogP contribution >= 0.6 is 23.2 Å². The molecule has 2 aromatic carbocycles. The predicted molar refractivity (Wildman–Crippen MR) is 107 cm³/mol. The molecule has 0 fully saturated rings. The van der Waals surface area contributed by atoms with Crippen LogP contribution < -0.4 is 5.32 Å². The van der Waals surface area contributed by atoms with Crippen LogP contribution in [-0.4, -0.2) is 20.7 Å². The number of fused-ring (bicyclic) bond motifs is 1. The summed E-state index contributed by atoms with van der Waals surface area (Å²) in [5.41, 5.74) is 1.17. The molecule has 0 aliphatic rings. The Balaban J connectivity index is 1.61. The lowest BCUT2D eigenvalue weighted by Gasteiger charge is -2.11. The number of amides is 1. The van der Waals surface area contributed by atoms with E-state index in [0.29, 0.717) is 12.4 Å². The Hall–Kier alpha value is -2.89. The highest BCUT2D eigenvalue weighted by Crippen LogP contribution is 2.22. The average Bonchev–Trinajstić information content (AvgIpc) is 3.10. The van der Waals surface area contributed by atoms with Crippen LogP contribution in [0.15, 0.2) is 66.9 Å². The number of nitrogens with zero attached hydrogens (tertiary/aromatic N) is 3. The number of hydrogen-bond acceptors (Lipinski definition) is 3. The molecule has 5 nitrogen and oxygen atoms in total. The Morgan fingerprint density at radius 1 is 1.00 bits per heavy atom. The topological polar surface area (TPSA) is 59.8 Å². The zero-order valence-corrected chi connectivity index (χ0v) is 15.6. The largest absolute Gasteiger partial charge is 0.305 e. The molecule has 0 atom stereocenters. The molecule has 0 aliphatic heterocycles. The Kier molecular flexibility index (Phi) is 4.79. The van der Waals surface area contributed by atoms with Gasteiger partial charge in [0.1, 0.15) is 16.7 Å². The zero-order valence-electron chi connectivity index (χ0n) is 14.1. The first kappa shape index (κ1) is 17.5. The first-order valence-corrected chi connectivity index (χ1v) is 8.99. The van der Waals surface area contributed by atoms with E-state index in [0.717, 1.165) is 16.3 Å². The number of carbonyl (C=O) groups is 1. The molecule has 1 amide bonds. The fourth-order valence-corrected chi connectivity index (χ4v) is 3.25. The van der Waals surface area contributed by atoms with Crippen molar-refractivity contribution >= 4 is 45.7 Å². The van der Waals surface area contributed by atoms with Crippen molar-refractivity contribution in [3.8, 4) is 0 Å². The SMILES string of the molecule is O=C(Nc1ccnn1Cc1cccc2ccccc12)c1nc(Cl)ccc1Cl. The maximum Gasteiger partial charge on any atom is 0.277 e. The first-order valence-electron chi connectivity index (χ1n) is 8.23. The van der Waals surface area contributed by atoms with Crippen molar-refractivity contribution in [2.45, 2.75) is 6.54 Å². The van der Waals surface area contributed by atoms with Crippen LogP contribution in [0.1, 0.15) is 16.1 Å². The summed E-state index contributed by atoms with van der Waals surface area (Å²) >= 11 is 11.9. The van der Waals surface area contributed by atoms with Crippen molar-refractivity contribution in [3.63, 3.8) is 0 Å². The zero-order chi connectivity index (χ0) is 18.8. The Morgan fingerprint density at radius 2 is 1.81 bits per heavy atom. The van der Waals surface area contributed by atoms with Crippen LogP contribution in [0.4, 0.5) is 5.82 Å². The normalized spacial score (nSPS) is 10.9. The van der Waals surface area contributed by atoms with Crippen LogP contribution in [0, 0.1) is 0 Å². The van der Waals surface area contributed by atoms with Crippen LogP contribution in [0.25, 0.3) is 10.8 Å². The Bertz CT molecular complexity index is 1130. The first-order chi connectivity index (χ1) is 13.1. The fraction of sp³-hybridized carbons (Fsp3) is 0.0500. The number of carbonyl (C=O) groups excluding carboxylic acids is 1. The number of halogens is 2. The minimum Gasteiger partial charge on any atom is -0.305 e. The Labute approximate surface area is 165 Å². The van der Waals surface area contributed by atoms with E-state index in [-0.39, 0.29) is 15.9 Å². The lowest BCUT2D eigenvalue weighted by molar-refractivity contribution is 0.102. The predicted octanol–water partition coefficient (Wildman–Crippen LogP) is 5.04. The summed E-state index contributed by atoms with van der Waals surface area (Å²) in [6, 6.07) is 19.1. The van der Waals surface area contributed by atoms with Crippen LogP contribution in [-0.2, 0) is 6.54 Å². The fourth-order valence-electron chi connectivity index (χ4n) is 2.91. The van der Waals surface area contributed by atoms with Crippen LogP contribution in [0.3, 0.4) is 0 Å². The van der Waals surface area contributed by atoms with Crippen molar-refractivity contribution < 1.29 is 4.79 Å². The molecule has 4 aromatic rings. The molecule has 2 heterocycles. The number of rotatable bonds is 4. The van der Waals surface area contributed by atoms with E-state index in [4.69, 9.17) is 23.2 Å². The lowest BCUT2D eigenvalue weighted by Crippen LogP contribution is -2.18. The van der Waals surface area contributed by atoms with Gasteiger partial charge in [0, 0.05) is 6.07 Å². The van der Waals surface area contributed by atoms with Gasteiger partial charge in [-0.3, -0.25) is 4.79 Å². The maximum absolute atomic E-state index is 12.5. The van der Waals surface area contributed by atoms with Crippen molar-refractivity contribution in [3.05, 3.63) is 88.3 Å². The third-order valence-electron chi connectivity index (χ3n) is 4.19. The molecule has 0 aliphatic carbocycles. The van der Waals surface area contributed by atoms with Gasteiger partial charge >= 0.3 is 0 Å². The van der Waals surface area contributed by atoms with Gasteiger partial charge in [-0.1, -0.05) is 65.7 Å². The molecule has 0 bridgehead atoms. The van der Waals surface area contributed by atoms with Crippen molar-refractivity contribution in [1.82, 2.24) is 14.8 Å². The van der Waals surface area contributed by atoms with E-state index in [1.54, 1.807) is 23.0 Å². The second-order valence-electron chi connectivity index (χ2n) is 5.93. The van der Waals surface area contributed by atoms with E-state index < -0.39 is 5.91 Å². The quantitative estimate of drug-likeness (QED) is 0.491. The number of anilines is 1. The summed E-state index contributed by atoms with van der Waals surface area (Å²) in [6.45, 7) is 0.515. The third kappa shape index (κ3) is 3.65. The molecule has 0 unspecified atom stereocenters. The molecule has 0 radical (unpaired) electrons. The molecule has 2 aromatic heterocycles. The van der Waals surface area contributed by atoms with Gasteiger partial charge in [0.2, 0.25) is 0 Å². The maximum atomic E-state index is 12.5. The van der Waals surface area contributed by atoms with Crippen molar-refractivity contribution in [2.24, 2.45) is 0 Å². The lowest BCUT2D eigenvalue weighted by atomic mass is 10.0. The van der Waals surface area contributed by atoms with Gasteiger partial charge in [0.25, 0.3) is 5.91 Å². The van der Waals surface area contributed by atoms with Crippen molar-refractivity contribution in [1.29, 1.82) is 0 Å². The Morgan fingerprint density at radius 3 is 2.70 bits per heavy atom. The highest BCUT2D eigenvalue weighted by molar-refractivity contribution is 6.35. The number of pyridine rings is 1. The monoisotopic (exact) mass is 396 g/mol. The van der Waals surface area contributed by atoms with Crippen LogP contribution in [0.5, 0.6) is 0 Å². The van der Waals surface area contributed by atoms with Gasteiger partial charge < -0.3 is 5.32 Å². The second kappa shape index (κ2) is 7.39. The number of hydrogen-bond donors (Lipinski definition) is 1. The van der Waals surface area contributed by atoms with E-state index in [1.807, 2.05) is 24.3 Å². The molecule has 134 valence electrons. The summed E-state index contributed by atoms with van der Waals surface area (Å²) in [7, 11) is 0. The smallest absolute Gasteiger partial charge is 0.277 e. The average molecular weight is 397 g/mol. The van der Waals surface area contributed by atoms with E-state index in [9.17, 15) is 4.79 Å². The van der Waals surface area contributed by atoms with Gasteiger partial charge in [-0.15, -0.1) is 0 Å². The molecule has 27 heavy (non-hydrogen) atoms. The second-order valence-corrected chi connectivity index (χ2v) is 6.73. The minimum absolute atomic E-state index is 0.0714. The van der Waals surface area contributed by atoms with E-state index >= 15 is 0 Å². The molecule has 0 saturated heterocycles. The summed E-state index contributed by atoms with van der Waals surface area (Å²) in [4.78, 5) is 16.5. The third-order valence-corrected chi connectivity index (χ3v) is 4.70. The molecule has 0 saturated carbocycles.